The monoisotopic (exact) mass is 408 g/mol. The zero-order valence-electron chi connectivity index (χ0n) is 15.2. The van der Waals surface area contributed by atoms with Crippen LogP contribution < -0.4 is 10.6 Å². The maximum atomic E-state index is 12.4. The Hall–Kier alpha value is -2.38. The Morgan fingerprint density at radius 3 is 2.56 bits per heavy atom. The van der Waals surface area contributed by atoms with Gasteiger partial charge in [-0.2, -0.15) is 0 Å². The molecular weight excluding hydrogens is 388 g/mol. The van der Waals surface area contributed by atoms with E-state index in [1.807, 2.05) is 20.8 Å². The molecule has 1 heterocycles. The van der Waals surface area contributed by atoms with Crippen molar-refractivity contribution in [3.63, 3.8) is 0 Å². The summed E-state index contributed by atoms with van der Waals surface area (Å²) in [6.45, 7) is 5.43. The van der Waals surface area contributed by atoms with Crippen LogP contribution in [0.1, 0.15) is 40.8 Å². The van der Waals surface area contributed by atoms with Crippen LogP contribution in [0.15, 0.2) is 35.7 Å². The normalized spacial score (nSPS) is 11.7. The van der Waals surface area contributed by atoms with Gasteiger partial charge in [-0.05, 0) is 42.5 Å². The fraction of sp³-hybridized carbons (Fsp3) is 0.316. The molecule has 0 saturated carbocycles. The summed E-state index contributed by atoms with van der Waals surface area (Å²) >= 11 is 7.26. The van der Waals surface area contributed by atoms with Crippen LogP contribution in [0.3, 0.4) is 0 Å². The number of benzene rings is 1. The second-order valence-corrected chi connectivity index (χ2v) is 7.68. The van der Waals surface area contributed by atoms with Gasteiger partial charge in [-0.15, -0.1) is 11.3 Å². The summed E-state index contributed by atoms with van der Waals surface area (Å²) in [5.41, 5.74) is 0.343. The van der Waals surface area contributed by atoms with E-state index in [2.05, 4.69) is 10.6 Å². The maximum Gasteiger partial charge on any atom is 0.340 e. The van der Waals surface area contributed by atoms with Crippen molar-refractivity contribution in [2.45, 2.75) is 26.8 Å². The lowest BCUT2D eigenvalue weighted by molar-refractivity contribution is -0.125. The van der Waals surface area contributed by atoms with E-state index in [1.54, 1.807) is 17.5 Å². The average Bonchev–Trinajstić information content (AvgIpc) is 3.14. The Kier molecular flexibility index (Phi) is 7.38. The van der Waals surface area contributed by atoms with Gasteiger partial charge in [-0.25, -0.2) is 4.79 Å². The molecule has 1 atom stereocenters. The van der Waals surface area contributed by atoms with Gasteiger partial charge >= 0.3 is 5.97 Å². The molecule has 27 heavy (non-hydrogen) atoms. The van der Waals surface area contributed by atoms with Crippen molar-refractivity contribution < 1.29 is 19.1 Å². The number of esters is 1. The van der Waals surface area contributed by atoms with E-state index < -0.39 is 12.6 Å². The van der Waals surface area contributed by atoms with Gasteiger partial charge in [-0.3, -0.25) is 9.59 Å². The molecule has 0 radical (unpaired) electrons. The Balaban J connectivity index is 2.05. The molecule has 0 fully saturated rings. The van der Waals surface area contributed by atoms with Crippen LogP contribution in [-0.4, -0.2) is 30.4 Å². The number of thiophene rings is 1. The van der Waals surface area contributed by atoms with Crippen LogP contribution >= 0.6 is 22.9 Å². The SMILES string of the molecule is CC(C)[C@H](C)NC(=O)COC(=O)c1ccc(Cl)cc1NC(=O)c1cccs1. The molecule has 2 rings (SSSR count). The van der Waals surface area contributed by atoms with E-state index in [-0.39, 0.29) is 35.0 Å². The highest BCUT2D eigenvalue weighted by molar-refractivity contribution is 7.12. The van der Waals surface area contributed by atoms with Crippen molar-refractivity contribution in [3.05, 3.63) is 51.2 Å². The van der Waals surface area contributed by atoms with E-state index in [0.717, 1.165) is 0 Å². The van der Waals surface area contributed by atoms with Crippen molar-refractivity contribution in [1.82, 2.24) is 5.32 Å². The molecule has 2 N–H and O–H groups in total. The number of anilines is 1. The summed E-state index contributed by atoms with van der Waals surface area (Å²) in [7, 11) is 0. The van der Waals surface area contributed by atoms with Gasteiger partial charge in [0.25, 0.3) is 11.8 Å². The van der Waals surface area contributed by atoms with E-state index in [0.29, 0.717) is 9.90 Å². The van der Waals surface area contributed by atoms with Gasteiger partial charge in [-0.1, -0.05) is 31.5 Å². The number of hydrogen-bond donors (Lipinski definition) is 2. The fourth-order valence-corrected chi connectivity index (χ4v) is 2.85. The minimum Gasteiger partial charge on any atom is -0.452 e. The van der Waals surface area contributed by atoms with Gasteiger partial charge < -0.3 is 15.4 Å². The minimum atomic E-state index is -0.722. The zero-order chi connectivity index (χ0) is 20.0. The Labute approximate surface area is 166 Å². The Bertz CT molecular complexity index is 821. The van der Waals surface area contributed by atoms with Crippen LogP contribution in [0, 0.1) is 5.92 Å². The molecule has 0 unspecified atom stereocenters. The summed E-state index contributed by atoms with van der Waals surface area (Å²) in [4.78, 5) is 37.0. The van der Waals surface area contributed by atoms with Crippen LogP contribution in [0.25, 0.3) is 0 Å². The molecule has 0 spiro atoms. The first kappa shape index (κ1) is 20.9. The number of rotatable bonds is 7. The van der Waals surface area contributed by atoms with Crippen molar-refractivity contribution in [3.8, 4) is 0 Å². The van der Waals surface area contributed by atoms with E-state index in [9.17, 15) is 14.4 Å². The van der Waals surface area contributed by atoms with Gasteiger partial charge in [0.15, 0.2) is 6.61 Å². The molecule has 1 aromatic carbocycles. The predicted octanol–water partition coefficient (Wildman–Crippen LogP) is 3.97. The van der Waals surface area contributed by atoms with E-state index >= 15 is 0 Å². The van der Waals surface area contributed by atoms with E-state index in [4.69, 9.17) is 16.3 Å². The number of ether oxygens (including phenoxy) is 1. The second kappa shape index (κ2) is 9.53. The largest absolute Gasteiger partial charge is 0.452 e. The Morgan fingerprint density at radius 2 is 1.93 bits per heavy atom. The summed E-state index contributed by atoms with van der Waals surface area (Å²) in [6, 6.07) is 7.81. The average molecular weight is 409 g/mol. The predicted molar refractivity (Wildman–Crippen MR) is 106 cm³/mol. The first-order valence-corrected chi connectivity index (χ1v) is 9.64. The zero-order valence-corrected chi connectivity index (χ0v) is 16.8. The van der Waals surface area contributed by atoms with Crippen molar-refractivity contribution in [2.24, 2.45) is 5.92 Å². The standard InChI is InChI=1S/C19H21ClN2O4S/c1-11(2)12(3)21-17(23)10-26-19(25)14-7-6-13(20)9-15(14)22-18(24)16-5-4-8-27-16/h4-9,11-12H,10H2,1-3H3,(H,21,23)(H,22,24)/t12-/m0/s1. The molecule has 2 aromatic rings. The van der Waals surface area contributed by atoms with Crippen molar-refractivity contribution >= 4 is 46.4 Å². The summed E-state index contributed by atoms with van der Waals surface area (Å²) in [5.74, 6) is -1.20. The van der Waals surface area contributed by atoms with Crippen molar-refractivity contribution in [1.29, 1.82) is 0 Å². The number of amides is 2. The van der Waals surface area contributed by atoms with Crippen LogP contribution in [0.2, 0.25) is 5.02 Å². The summed E-state index contributed by atoms with van der Waals surface area (Å²) in [6.07, 6.45) is 0. The topological polar surface area (TPSA) is 84.5 Å². The highest BCUT2D eigenvalue weighted by Gasteiger charge is 2.18. The van der Waals surface area contributed by atoms with Crippen LogP contribution in [0.5, 0.6) is 0 Å². The molecule has 6 nitrogen and oxygen atoms in total. The molecular formula is C19H21ClN2O4S. The highest BCUT2D eigenvalue weighted by Crippen LogP contribution is 2.23. The lowest BCUT2D eigenvalue weighted by Crippen LogP contribution is -2.38. The molecule has 0 aliphatic carbocycles. The van der Waals surface area contributed by atoms with Gasteiger partial charge in [0.05, 0.1) is 16.1 Å². The molecule has 2 amide bonds. The molecule has 8 heteroatoms. The third-order valence-corrected chi connectivity index (χ3v) is 5.02. The maximum absolute atomic E-state index is 12.4. The molecule has 1 aromatic heterocycles. The minimum absolute atomic E-state index is 0.0348. The summed E-state index contributed by atoms with van der Waals surface area (Å²) < 4.78 is 5.08. The number of hydrogen-bond acceptors (Lipinski definition) is 5. The highest BCUT2D eigenvalue weighted by atomic mass is 35.5. The molecule has 0 aliphatic heterocycles. The molecule has 144 valence electrons. The quantitative estimate of drug-likeness (QED) is 0.679. The first-order valence-electron chi connectivity index (χ1n) is 8.38. The molecule has 0 bridgehead atoms. The van der Waals surface area contributed by atoms with Crippen LogP contribution in [0.4, 0.5) is 5.69 Å². The fourth-order valence-electron chi connectivity index (χ4n) is 2.06. The Morgan fingerprint density at radius 1 is 1.19 bits per heavy atom. The smallest absolute Gasteiger partial charge is 0.340 e. The molecule has 0 saturated heterocycles. The van der Waals surface area contributed by atoms with Gasteiger partial charge in [0, 0.05) is 11.1 Å². The van der Waals surface area contributed by atoms with Crippen LogP contribution in [-0.2, 0) is 9.53 Å². The van der Waals surface area contributed by atoms with Gasteiger partial charge in [0.2, 0.25) is 0 Å². The third-order valence-electron chi connectivity index (χ3n) is 3.92. The van der Waals surface area contributed by atoms with Crippen molar-refractivity contribution in [2.75, 3.05) is 11.9 Å². The summed E-state index contributed by atoms with van der Waals surface area (Å²) in [5, 5.41) is 7.54. The number of carbonyl (C=O) groups excluding carboxylic acids is 3. The van der Waals surface area contributed by atoms with Gasteiger partial charge in [0.1, 0.15) is 0 Å². The van der Waals surface area contributed by atoms with E-state index in [1.165, 1.54) is 29.5 Å². The number of carbonyl (C=O) groups is 3. The number of halogens is 1. The molecule has 0 aliphatic rings. The first-order chi connectivity index (χ1) is 12.8. The second-order valence-electron chi connectivity index (χ2n) is 6.30. The lowest BCUT2D eigenvalue weighted by atomic mass is 10.1. The number of nitrogens with one attached hydrogen (secondary N) is 2. The lowest BCUT2D eigenvalue weighted by Gasteiger charge is -2.17. The third kappa shape index (κ3) is 6.08.